The zero-order valence-electron chi connectivity index (χ0n) is 18.6. The second-order valence-corrected chi connectivity index (χ2v) is 11.0. The van der Waals surface area contributed by atoms with E-state index in [-0.39, 0.29) is 16.6 Å². The highest BCUT2D eigenvalue weighted by atomic mass is 32.2. The van der Waals surface area contributed by atoms with Crippen LogP contribution in [0.4, 0.5) is 0 Å². The van der Waals surface area contributed by atoms with Crippen LogP contribution in [0.2, 0.25) is 0 Å². The maximum absolute atomic E-state index is 12.6. The quantitative estimate of drug-likeness (QED) is 0.588. The molecule has 2 aliphatic rings. The monoisotopic (exact) mass is 451 g/mol. The molecule has 1 aliphatic carbocycles. The average Bonchev–Trinajstić information content (AvgIpc) is 3.28. The number of hydrogen-bond donors (Lipinski definition) is 0. The van der Waals surface area contributed by atoms with Crippen LogP contribution < -0.4 is 0 Å². The van der Waals surface area contributed by atoms with Crippen LogP contribution in [0.1, 0.15) is 63.2 Å². The van der Waals surface area contributed by atoms with E-state index in [0.29, 0.717) is 30.8 Å². The highest BCUT2D eigenvalue weighted by Crippen LogP contribution is 2.35. The van der Waals surface area contributed by atoms with Crippen molar-refractivity contribution < 1.29 is 27.5 Å². The average molecular weight is 452 g/mol. The van der Waals surface area contributed by atoms with E-state index in [9.17, 15) is 18.0 Å². The Morgan fingerprint density at radius 2 is 1.74 bits per heavy atom. The van der Waals surface area contributed by atoms with Gasteiger partial charge in [0.05, 0.1) is 10.5 Å². The fourth-order valence-electron chi connectivity index (χ4n) is 4.50. The summed E-state index contributed by atoms with van der Waals surface area (Å²) in [5, 5.41) is 0. The number of nitrogens with zero attached hydrogens (tertiary/aromatic N) is 1. The van der Waals surface area contributed by atoms with Crippen molar-refractivity contribution in [3.05, 3.63) is 29.8 Å². The van der Waals surface area contributed by atoms with E-state index >= 15 is 0 Å². The zero-order chi connectivity index (χ0) is 22.6. The largest absolute Gasteiger partial charge is 0.460 e. The molecule has 0 unspecified atom stereocenters. The predicted octanol–water partition coefficient (Wildman–Crippen LogP) is 3.63. The molecule has 0 spiro atoms. The van der Waals surface area contributed by atoms with E-state index in [1.807, 2.05) is 0 Å². The first-order chi connectivity index (χ1) is 14.7. The first-order valence-electron chi connectivity index (χ1n) is 11.1. The molecule has 2 fully saturated rings. The fraction of sp³-hybridized carbons (Fsp3) is 0.652. The van der Waals surface area contributed by atoms with Gasteiger partial charge < -0.3 is 9.47 Å². The van der Waals surface area contributed by atoms with Gasteiger partial charge in [0.15, 0.2) is 6.61 Å². The molecule has 31 heavy (non-hydrogen) atoms. The zero-order valence-corrected chi connectivity index (χ0v) is 19.4. The van der Waals surface area contributed by atoms with Gasteiger partial charge in [-0.1, -0.05) is 27.2 Å². The van der Waals surface area contributed by atoms with E-state index < -0.39 is 28.6 Å². The Morgan fingerprint density at radius 1 is 1.10 bits per heavy atom. The normalized spacial score (nSPS) is 24.8. The Bertz CT molecular complexity index is 874. The molecular weight excluding hydrogens is 418 g/mol. The van der Waals surface area contributed by atoms with Crippen molar-refractivity contribution in [2.24, 2.45) is 17.8 Å². The van der Waals surface area contributed by atoms with Gasteiger partial charge in [0.25, 0.3) is 0 Å². The van der Waals surface area contributed by atoms with Gasteiger partial charge in [0.1, 0.15) is 6.10 Å². The van der Waals surface area contributed by atoms with Crippen molar-refractivity contribution in [1.29, 1.82) is 0 Å². The maximum Gasteiger partial charge on any atom is 0.344 e. The van der Waals surface area contributed by atoms with Gasteiger partial charge in [0, 0.05) is 13.1 Å². The van der Waals surface area contributed by atoms with Crippen LogP contribution in [0.3, 0.4) is 0 Å². The smallest absolute Gasteiger partial charge is 0.344 e. The highest BCUT2D eigenvalue weighted by molar-refractivity contribution is 7.89. The molecule has 1 saturated heterocycles. The van der Waals surface area contributed by atoms with Crippen molar-refractivity contribution >= 4 is 22.0 Å². The molecule has 1 aromatic rings. The minimum absolute atomic E-state index is 0.148. The summed E-state index contributed by atoms with van der Waals surface area (Å²) in [7, 11) is -3.53. The molecule has 1 saturated carbocycles. The topological polar surface area (TPSA) is 90.0 Å². The summed E-state index contributed by atoms with van der Waals surface area (Å²) in [6.45, 7) is 7.01. The lowest BCUT2D eigenvalue weighted by atomic mass is 9.75. The van der Waals surface area contributed by atoms with E-state index in [1.54, 1.807) is 0 Å². The lowest BCUT2D eigenvalue weighted by Gasteiger charge is -2.36. The molecule has 3 rings (SSSR count). The van der Waals surface area contributed by atoms with Gasteiger partial charge in [0.2, 0.25) is 10.0 Å². The standard InChI is InChI=1S/C23H33NO6S/c1-16(2)20-11-6-17(3)14-21(20)30-22(25)15-29-23(26)18-7-9-19(10-8-18)31(27,28)24-12-4-5-13-24/h7-10,16-17,20-21H,4-6,11-15H2,1-3H3/t17-,20+,21+/m0/s1. The Morgan fingerprint density at radius 3 is 2.35 bits per heavy atom. The van der Waals surface area contributed by atoms with Gasteiger partial charge in [-0.15, -0.1) is 0 Å². The van der Waals surface area contributed by atoms with Crippen LogP contribution in [0.15, 0.2) is 29.2 Å². The molecule has 1 aliphatic heterocycles. The third-order valence-corrected chi connectivity index (χ3v) is 8.27. The summed E-state index contributed by atoms with van der Waals surface area (Å²) >= 11 is 0. The SMILES string of the molecule is CC(C)[C@H]1CC[C@H](C)C[C@H]1OC(=O)COC(=O)c1ccc(S(=O)(=O)N2CCCC2)cc1. The molecule has 1 heterocycles. The molecule has 0 aromatic heterocycles. The Hall–Kier alpha value is -1.93. The minimum atomic E-state index is -3.53. The van der Waals surface area contributed by atoms with Gasteiger partial charge in [-0.05, 0) is 67.7 Å². The van der Waals surface area contributed by atoms with Gasteiger partial charge in [-0.25, -0.2) is 18.0 Å². The van der Waals surface area contributed by atoms with Crippen LogP contribution in [-0.2, 0) is 24.3 Å². The molecular formula is C23H33NO6S. The molecule has 8 heteroatoms. The summed E-state index contributed by atoms with van der Waals surface area (Å²) in [5.74, 6) is 0.0145. The third kappa shape index (κ3) is 5.86. The molecule has 0 radical (unpaired) electrons. The number of carbonyl (C=O) groups excluding carboxylic acids is 2. The van der Waals surface area contributed by atoms with E-state index in [0.717, 1.165) is 32.1 Å². The number of esters is 2. The van der Waals surface area contributed by atoms with Crippen LogP contribution in [0.5, 0.6) is 0 Å². The first kappa shape index (κ1) is 23.7. The third-order valence-electron chi connectivity index (χ3n) is 6.36. The molecule has 3 atom stereocenters. The number of ether oxygens (including phenoxy) is 2. The second kappa shape index (κ2) is 10.1. The Labute approximate surface area is 185 Å². The molecule has 0 bridgehead atoms. The lowest BCUT2D eigenvalue weighted by Crippen LogP contribution is -2.36. The van der Waals surface area contributed by atoms with Crippen LogP contribution >= 0.6 is 0 Å². The lowest BCUT2D eigenvalue weighted by molar-refractivity contribution is -0.159. The van der Waals surface area contributed by atoms with Crippen molar-refractivity contribution in [2.45, 2.75) is 63.9 Å². The second-order valence-electron chi connectivity index (χ2n) is 9.07. The Kier molecular flexibility index (Phi) is 7.75. The van der Waals surface area contributed by atoms with E-state index in [1.165, 1.54) is 28.6 Å². The van der Waals surface area contributed by atoms with Gasteiger partial charge in [-0.2, -0.15) is 4.31 Å². The first-order valence-corrected chi connectivity index (χ1v) is 12.6. The van der Waals surface area contributed by atoms with Crippen molar-refractivity contribution in [3.8, 4) is 0 Å². The molecule has 0 amide bonds. The number of benzene rings is 1. The van der Waals surface area contributed by atoms with Gasteiger partial charge in [-0.3, -0.25) is 0 Å². The van der Waals surface area contributed by atoms with Crippen LogP contribution in [-0.4, -0.2) is 50.5 Å². The molecule has 1 aromatic carbocycles. The summed E-state index contributed by atoms with van der Waals surface area (Å²) < 4.78 is 37.3. The van der Waals surface area contributed by atoms with Crippen LogP contribution in [0.25, 0.3) is 0 Å². The molecule has 0 N–H and O–H groups in total. The van der Waals surface area contributed by atoms with Crippen molar-refractivity contribution in [3.63, 3.8) is 0 Å². The van der Waals surface area contributed by atoms with Crippen LogP contribution in [0, 0.1) is 17.8 Å². The fourth-order valence-corrected chi connectivity index (χ4v) is 6.02. The Balaban J connectivity index is 1.53. The number of carbonyl (C=O) groups is 2. The summed E-state index contributed by atoms with van der Waals surface area (Å²) in [5.41, 5.74) is 0.194. The number of rotatable bonds is 7. The van der Waals surface area contributed by atoms with Crippen molar-refractivity contribution in [1.82, 2.24) is 4.31 Å². The molecule has 172 valence electrons. The summed E-state index contributed by atoms with van der Waals surface area (Å²) in [4.78, 5) is 24.7. The number of sulfonamides is 1. The molecule has 7 nitrogen and oxygen atoms in total. The van der Waals surface area contributed by atoms with Crippen molar-refractivity contribution in [2.75, 3.05) is 19.7 Å². The van der Waals surface area contributed by atoms with E-state index in [4.69, 9.17) is 9.47 Å². The highest BCUT2D eigenvalue weighted by Gasteiger charge is 2.33. The maximum atomic E-state index is 12.6. The predicted molar refractivity (Wildman–Crippen MR) is 116 cm³/mol. The van der Waals surface area contributed by atoms with Gasteiger partial charge >= 0.3 is 11.9 Å². The summed E-state index contributed by atoms with van der Waals surface area (Å²) in [6.07, 6.45) is 4.56. The summed E-state index contributed by atoms with van der Waals surface area (Å²) in [6, 6.07) is 5.63. The minimum Gasteiger partial charge on any atom is -0.460 e. The number of hydrogen-bond acceptors (Lipinski definition) is 6. The van der Waals surface area contributed by atoms with E-state index in [2.05, 4.69) is 20.8 Å².